The van der Waals surface area contributed by atoms with Crippen LogP contribution >= 0.6 is 0 Å². The summed E-state index contributed by atoms with van der Waals surface area (Å²) >= 11 is 0. The molecular weight excluding hydrogens is 316 g/mol. The van der Waals surface area contributed by atoms with Gasteiger partial charge < -0.3 is 9.47 Å². The SMILES string of the molecule is C=Cc1ccc(C(=O)O[C@@H](C)C[C@H](C)OC(=O)c2ccccc2)cc1. The number of ether oxygens (including phenoxy) is 2. The molecule has 0 aliphatic heterocycles. The Hall–Kier alpha value is -2.88. The highest BCUT2D eigenvalue weighted by Crippen LogP contribution is 2.13. The van der Waals surface area contributed by atoms with E-state index in [4.69, 9.17) is 9.47 Å². The van der Waals surface area contributed by atoms with Crippen LogP contribution in [0.25, 0.3) is 6.08 Å². The van der Waals surface area contributed by atoms with E-state index in [-0.39, 0.29) is 18.2 Å². The summed E-state index contributed by atoms with van der Waals surface area (Å²) in [5.41, 5.74) is 1.92. The molecule has 0 aromatic heterocycles. The molecule has 0 heterocycles. The molecule has 0 fully saturated rings. The van der Waals surface area contributed by atoms with E-state index >= 15 is 0 Å². The van der Waals surface area contributed by atoms with Crippen molar-refractivity contribution in [3.05, 3.63) is 77.9 Å². The van der Waals surface area contributed by atoms with Gasteiger partial charge in [-0.15, -0.1) is 0 Å². The van der Waals surface area contributed by atoms with Gasteiger partial charge in [-0.05, 0) is 43.7 Å². The van der Waals surface area contributed by atoms with Crippen molar-refractivity contribution in [1.29, 1.82) is 0 Å². The molecule has 0 bridgehead atoms. The number of esters is 2. The Morgan fingerprint density at radius 3 is 1.84 bits per heavy atom. The van der Waals surface area contributed by atoms with E-state index in [2.05, 4.69) is 6.58 Å². The van der Waals surface area contributed by atoms with Crippen LogP contribution in [0.4, 0.5) is 0 Å². The van der Waals surface area contributed by atoms with Gasteiger partial charge in [0.2, 0.25) is 0 Å². The van der Waals surface area contributed by atoms with Crippen molar-refractivity contribution in [2.24, 2.45) is 0 Å². The van der Waals surface area contributed by atoms with Crippen molar-refractivity contribution in [2.45, 2.75) is 32.5 Å². The highest BCUT2D eigenvalue weighted by Gasteiger charge is 2.18. The second-order valence-electron chi connectivity index (χ2n) is 5.86. The fourth-order valence-electron chi connectivity index (χ4n) is 2.39. The van der Waals surface area contributed by atoms with Crippen LogP contribution in [0.5, 0.6) is 0 Å². The summed E-state index contributed by atoms with van der Waals surface area (Å²) in [4.78, 5) is 24.1. The Bertz CT molecular complexity index is 719. The van der Waals surface area contributed by atoms with Gasteiger partial charge in [-0.25, -0.2) is 9.59 Å². The van der Waals surface area contributed by atoms with Crippen molar-refractivity contribution in [3.8, 4) is 0 Å². The number of carbonyl (C=O) groups excluding carboxylic acids is 2. The predicted molar refractivity (Wildman–Crippen MR) is 97.3 cm³/mol. The zero-order chi connectivity index (χ0) is 18.2. The third kappa shape index (κ3) is 5.60. The second-order valence-corrected chi connectivity index (χ2v) is 5.86. The highest BCUT2D eigenvalue weighted by atomic mass is 16.6. The maximum atomic E-state index is 12.1. The largest absolute Gasteiger partial charge is 0.459 e. The molecule has 0 radical (unpaired) electrons. The van der Waals surface area contributed by atoms with Gasteiger partial charge >= 0.3 is 11.9 Å². The molecule has 25 heavy (non-hydrogen) atoms. The first-order chi connectivity index (χ1) is 12.0. The quantitative estimate of drug-likeness (QED) is 0.697. The summed E-state index contributed by atoms with van der Waals surface area (Å²) in [5, 5.41) is 0. The lowest BCUT2D eigenvalue weighted by atomic mass is 10.1. The molecule has 130 valence electrons. The number of rotatable bonds is 7. The summed E-state index contributed by atoms with van der Waals surface area (Å²) in [5.74, 6) is -0.781. The predicted octanol–water partition coefficient (Wildman–Crippen LogP) is 4.51. The molecule has 0 aliphatic rings. The number of hydrogen-bond acceptors (Lipinski definition) is 4. The Balaban J connectivity index is 1.84. The van der Waals surface area contributed by atoms with E-state index in [0.29, 0.717) is 17.5 Å². The third-order valence-corrected chi connectivity index (χ3v) is 3.67. The fraction of sp³-hybridized carbons (Fsp3) is 0.238. The van der Waals surface area contributed by atoms with Crippen molar-refractivity contribution < 1.29 is 19.1 Å². The van der Waals surface area contributed by atoms with E-state index in [9.17, 15) is 9.59 Å². The molecule has 2 atom stereocenters. The van der Waals surface area contributed by atoms with Crippen LogP contribution < -0.4 is 0 Å². The van der Waals surface area contributed by atoms with E-state index in [1.165, 1.54) is 0 Å². The fourth-order valence-corrected chi connectivity index (χ4v) is 2.39. The van der Waals surface area contributed by atoms with Gasteiger partial charge in [-0.1, -0.05) is 43.0 Å². The van der Waals surface area contributed by atoms with Gasteiger partial charge in [0.25, 0.3) is 0 Å². The summed E-state index contributed by atoms with van der Waals surface area (Å²) in [6.45, 7) is 7.24. The minimum atomic E-state index is -0.398. The number of benzene rings is 2. The van der Waals surface area contributed by atoms with Gasteiger partial charge in [0.1, 0.15) is 12.2 Å². The van der Waals surface area contributed by atoms with Crippen molar-refractivity contribution in [2.75, 3.05) is 0 Å². The molecule has 0 saturated heterocycles. The maximum Gasteiger partial charge on any atom is 0.338 e. The molecule has 0 spiro atoms. The molecule has 0 unspecified atom stereocenters. The van der Waals surface area contributed by atoms with Gasteiger partial charge in [-0.3, -0.25) is 0 Å². The minimum Gasteiger partial charge on any atom is -0.459 e. The van der Waals surface area contributed by atoms with E-state index in [1.807, 2.05) is 6.07 Å². The zero-order valence-electron chi connectivity index (χ0n) is 14.5. The third-order valence-electron chi connectivity index (χ3n) is 3.67. The molecule has 2 aromatic carbocycles. The van der Waals surface area contributed by atoms with Gasteiger partial charge in [0, 0.05) is 6.42 Å². The van der Waals surface area contributed by atoms with Crippen molar-refractivity contribution >= 4 is 18.0 Å². The zero-order valence-corrected chi connectivity index (χ0v) is 14.5. The Morgan fingerprint density at radius 1 is 0.880 bits per heavy atom. The van der Waals surface area contributed by atoms with Crippen LogP contribution in [0.2, 0.25) is 0 Å². The summed E-state index contributed by atoms with van der Waals surface area (Å²) in [7, 11) is 0. The van der Waals surface area contributed by atoms with Crippen LogP contribution in [0.1, 0.15) is 46.5 Å². The number of carbonyl (C=O) groups is 2. The highest BCUT2D eigenvalue weighted by molar-refractivity contribution is 5.90. The smallest absolute Gasteiger partial charge is 0.338 e. The Labute approximate surface area is 148 Å². The molecule has 0 amide bonds. The molecule has 0 N–H and O–H groups in total. The maximum absolute atomic E-state index is 12.1. The van der Waals surface area contributed by atoms with Gasteiger partial charge in [0.15, 0.2) is 0 Å². The summed E-state index contributed by atoms with van der Waals surface area (Å²) < 4.78 is 10.8. The van der Waals surface area contributed by atoms with Gasteiger partial charge in [0.05, 0.1) is 11.1 Å². The lowest BCUT2D eigenvalue weighted by Crippen LogP contribution is -2.23. The first-order valence-electron chi connectivity index (χ1n) is 8.19. The second kappa shape index (κ2) is 8.83. The van der Waals surface area contributed by atoms with Crippen LogP contribution in [0, 0.1) is 0 Å². The lowest BCUT2D eigenvalue weighted by molar-refractivity contribution is 0.00764. The van der Waals surface area contributed by atoms with E-state index < -0.39 is 5.97 Å². The standard InChI is InChI=1S/C21H22O4/c1-4-17-10-12-19(13-11-17)21(23)25-16(3)14-15(2)24-20(22)18-8-6-5-7-9-18/h4-13,15-16H,1,14H2,2-3H3/t15-,16-/m0/s1. The van der Waals surface area contributed by atoms with Crippen molar-refractivity contribution in [3.63, 3.8) is 0 Å². The van der Waals surface area contributed by atoms with Crippen molar-refractivity contribution in [1.82, 2.24) is 0 Å². The lowest BCUT2D eigenvalue weighted by Gasteiger charge is -2.18. The first kappa shape index (κ1) is 18.5. The average Bonchev–Trinajstić information content (AvgIpc) is 2.62. The van der Waals surface area contributed by atoms with Crippen LogP contribution in [-0.2, 0) is 9.47 Å². The summed E-state index contributed by atoms with van der Waals surface area (Å²) in [6.07, 6.45) is 1.40. The number of hydrogen-bond donors (Lipinski definition) is 0. The monoisotopic (exact) mass is 338 g/mol. The normalized spacial score (nSPS) is 12.7. The molecule has 2 rings (SSSR count). The van der Waals surface area contributed by atoms with Crippen LogP contribution in [-0.4, -0.2) is 24.1 Å². The molecule has 0 aliphatic carbocycles. The molecule has 4 heteroatoms. The summed E-state index contributed by atoms with van der Waals surface area (Å²) in [6, 6.07) is 15.8. The minimum absolute atomic E-state index is 0.362. The molecular formula is C21H22O4. The van der Waals surface area contributed by atoms with Gasteiger partial charge in [-0.2, -0.15) is 0 Å². The molecule has 0 saturated carbocycles. The topological polar surface area (TPSA) is 52.6 Å². The molecule has 2 aromatic rings. The van der Waals surface area contributed by atoms with Crippen LogP contribution in [0.15, 0.2) is 61.2 Å². The van der Waals surface area contributed by atoms with E-state index in [0.717, 1.165) is 5.56 Å². The first-order valence-corrected chi connectivity index (χ1v) is 8.19. The van der Waals surface area contributed by atoms with E-state index in [1.54, 1.807) is 68.5 Å². The Morgan fingerprint density at radius 2 is 1.36 bits per heavy atom. The van der Waals surface area contributed by atoms with Crippen LogP contribution in [0.3, 0.4) is 0 Å². The molecule has 4 nitrogen and oxygen atoms in total. The average molecular weight is 338 g/mol. The Kier molecular flexibility index (Phi) is 6.52.